The zero-order chi connectivity index (χ0) is 38.4. The van der Waals surface area contributed by atoms with Crippen molar-refractivity contribution in [1.82, 2.24) is 45.2 Å². The third-order valence-electron chi connectivity index (χ3n) is 9.66. The first-order chi connectivity index (χ1) is 26.1. The molecule has 0 aliphatic carbocycles. The molecule has 54 heavy (non-hydrogen) atoms. The molecule has 6 rings (SSSR count). The van der Waals surface area contributed by atoms with E-state index < -0.39 is 6.09 Å². The van der Waals surface area contributed by atoms with E-state index in [1.165, 1.54) is 24.2 Å². The van der Waals surface area contributed by atoms with E-state index in [1.54, 1.807) is 16.0 Å². The average Bonchev–Trinajstić information content (AvgIpc) is 4.02. The van der Waals surface area contributed by atoms with Crippen LogP contribution in [0.1, 0.15) is 77.1 Å². The number of aromatic amines is 2. The molecule has 286 valence electrons. The highest BCUT2D eigenvalue weighted by Crippen LogP contribution is 2.35. The van der Waals surface area contributed by atoms with Gasteiger partial charge in [0.05, 0.1) is 56.1 Å². The van der Waals surface area contributed by atoms with Crippen molar-refractivity contribution in [3.63, 3.8) is 0 Å². The number of hydrogen-bond donors (Lipinski definition) is 3. The molecule has 0 radical (unpaired) electrons. The van der Waals surface area contributed by atoms with E-state index in [0.29, 0.717) is 18.9 Å². The number of benzene rings is 2. The Morgan fingerprint density at radius 2 is 1.26 bits per heavy atom. The van der Waals surface area contributed by atoms with Crippen LogP contribution in [0.4, 0.5) is 14.4 Å². The normalized spacial score (nSPS) is 17.1. The number of likely N-dealkylation sites (tertiary alicyclic amines) is 2. The van der Waals surface area contributed by atoms with Gasteiger partial charge in [0, 0.05) is 19.1 Å². The number of carbonyl (C=O) groups is 3. The zero-order valence-electron chi connectivity index (χ0n) is 31.5. The number of rotatable bonds is 10. The van der Waals surface area contributed by atoms with Gasteiger partial charge in [-0.1, -0.05) is 48.5 Å². The molecular formula is C38H48N10O6. The first-order valence-corrected chi connectivity index (χ1v) is 18.2. The van der Waals surface area contributed by atoms with E-state index >= 15 is 0 Å². The molecule has 0 bridgehead atoms. The minimum atomic E-state index is -0.697. The second-order valence-corrected chi connectivity index (χ2v) is 13.8. The Kier molecular flexibility index (Phi) is 11.8. The lowest BCUT2D eigenvalue weighted by Crippen LogP contribution is -2.54. The van der Waals surface area contributed by atoms with Crippen LogP contribution < -0.4 is 5.43 Å². The number of nitrogens with one attached hydrogen (secondary N) is 3. The van der Waals surface area contributed by atoms with Gasteiger partial charge in [0.15, 0.2) is 0 Å². The summed E-state index contributed by atoms with van der Waals surface area (Å²) in [5.74, 6) is 1.44. The highest BCUT2D eigenvalue weighted by atomic mass is 17.2. The lowest BCUT2D eigenvalue weighted by Gasteiger charge is -2.33. The number of hydrazone groups is 1. The van der Waals surface area contributed by atoms with Gasteiger partial charge in [0.2, 0.25) is 6.40 Å². The van der Waals surface area contributed by atoms with Crippen LogP contribution in [0.3, 0.4) is 0 Å². The van der Waals surface area contributed by atoms with Crippen molar-refractivity contribution in [3.05, 3.63) is 72.6 Å². The van der Waals surface area contributed by atoms with Gasteiger partial charge in [-0.05, 0) is 75.6 Å². The number of hydrazine groups is 1. The Labute approximate surface area is 314 Å². The highest BCUT2D eigenvalue weighted by Gasteiger charge is 2.37. The van der Waals surface area contributed by atoms with E-state index in [2.05, 4.69) is 71.7 Å². The Hall–Kier alpha value is -5.90. The van der Waals surface area contributed by atoms with Crippen LogP contribution in [0, 0.1) is 0 Å². The molecule has 2 saturated heterocycles. The predicted molar refractivity (Wildman–Crippen MR) is 201 cm³/mol. The summed E-state index contributed by atoms with van der Waals surface area (Å²) < 4.78 is 4.71. The fraction of sp³-hybridized carbons (Fsp3) is 0.421. The molecule has 2 aliphatic rings. The second-order valence-electron chi connectivity index (χ2n) is 13.8. The van der Waals surface area contributed by atoms with Gasteiger partial charge in [-0.3, -0.25) is 0 Å². The van der Waals surface area contributed by atoms with Crippen molar-refractivity contribution in [2.45, 2.75) is 77.5 Å². The second kappa shape index (κ2) is 16.8. The lowest BCUT2D eigenvalue weighted by molar-refractivity contribution is -0.188. The number of urea groups is 2. The predicted octanol–water partition coefficient (Wildman–Crippen LogP) is 6.86. The molecule has 5 amide bonds. The Balaban J connectivity index is 1.10. The van der Waals surface area contributed by atoms with Crippen LogP contribution in [-0.4, -0.2) is 104 Å². The summed E-state index contributed by atoms with van der Waals surface area (Å²) in [6, 6.07) is 15.1. The van der Waals surface area contributed by atoms with Gasteiger partial charge in [-0.15, -0.1) is 5.10 Å². The fourth-order valence-electron chi connectivity index (χ4n) is 6.88. The molecule has 16 nitrogen and oxygen atoms in total. The van der Waals surface area contributed by atoms with Gasteiger partial charge in [-0.25, -0.2) is 39.8 Å². The van der Waals surface area contributed by atoms with Crippen LogP contribution in [0.2, 0.25) is 0 Å². The van der Waals surface area contributed by atoms with Crippen molar-refractivity contribution in [1.29, 1.82) is 0 Å². The number of amides is 5. The SMILES string of the molecule is COO/C=N\N(C(=O)N1CCC[C@H]1c1ncc(-c2ccc(-c3ccc(-c4cnc([C@@H]5CCCN5C(=O)N(NC(=O)OC)C(C)C)[nH]4)cc3)cc2)[nH]1)C(C)C. The van der Waals surface area contributed by atoms with Crippen molar-refractivity contribution >= 4 is 24.6 Å². The van der Waals surface area contributed by atoms with E-state index in [4.69, 9.17) is 9.62 Å². The number of imidazole rings is 2. The Bertz CT molecular complexity index is 1920. The molecule has 3 N–H and O–H groups in total. The summed E-state index contributed by atoms with van der Waals surface area (Å²) in [4.78, 5) is 67.8. The molecule has 16 heteroatoms. The third-order valence-corrected chi connectivity index (χ3v) is 9.66. The van der Waals surface area contributed by atoms with Crippen molar-refractivity contribution in [3.8, 4) is 33.6 Å². The number of aromatic nitrogens is 4. The van der Waals surface area contributed by atoms with Crippen molar-refractivity contribution in [2.75, 3.05) is 27.3 Å². The van der Waals surface area contributed by atoms with Gasteiger partial charge in [0.1, 0.15) is 11.6 Å². The molecule has 4 aromatic rings. The third kappa shape index (κ3) is 8.17. The molecule has 2 fully saturated rings. The Morgan fingerprint density at radius 1 is 0.778 bits per heavy atom. The van der Waals surface area contributed by atoms with E-state index in [0.717, 1.165) is 71.6 Å². The maximum atomic E-state index is 13.4. The van der Waals surface area contributed by atoms with Gasteiger partial charge >= 0.3 is 18.2 Å². The fourth-order valence-corrected chi connectivity index (χ4v) is 6.88. The molecule has 0 spiro atoms. The van der Waals surface area contributed by atoms with Gasteiger partial charge in [0.25, 0.3) is 0 Å². The smallest absolute Gasteiger partial charge is 0.425 e. The first kappa shape index (κ1) is 37.8. The van der Waals surface area contributed by atoms with E-state index in [1.807, 2.05) is 46.0 Å². The molecule has 0 unspecified atom stereocenters. The van der Waals surface area contributed by atoms with Crippen molar-refractivity contribution < 1.29 is 28.9 Å². The maximum Gasteiger partial charge on any atom is 0.425 e. The molecule has 2 aromatic carbocycles. The first-order valence-electron chi connectivity index (χ1n) is 18.2. The number of hydrogen-bond acceptors (Lipinski definition) is 9. The summed E-state index contributed by atoms with van der Waals surface area (Å²) in [6.45, 7) is 8.59. The van der Waals surface area contributed by atoms with Gasteiger partial charge < -0.3 is 29.4 Å². The van der Waals surface area contributed by atoms with Crippen molar-refractivity contribution in [2.24, 2.45) is 5.10 Å². The zero-order valence-corrected chi connectivity index (χ0v) is 31.5. The topological polar surface area (TPSA) is 174 Å². The molecule has 4 heterocycles. The van der Waals surface area contributed by atoms with E-state index in [-0.39, 0.29) is 36.2 Å². The lowest BCUT2D eigenvalue weighted by atomic mass is 10.0. The van der Waals surface area contributed by atoms with E-state index in [9.17, 15) is 14.4 Å². The summed E-state index contributed by atoms with van der Waals surface area (Å²) in [7, 11) is 2.64. The number of carbonyl (C=O) groups excluding carboxylic acids is 3. The number of methoxy groups -OCH3 is 1. The molecule has 2 aliphatic heterocycles. The minimum absolute atomic E-state index is 0.177. The summed E-state index contributed by atoms with van der Waals surface area (Å²) >= 11 is 0. The summed E-state index contributed by atoms with van der Waals surface area (Å²) in [6.07, 6.45) is 7.25. The van der Waals surface area contributed by atoms with Crippen LogP contribution in [0.5, 0.6) is 0 Å². The maximum absolute atomic E-state index is 13.4. The van der Waals surface area contributed by atoms with Gasteiger partial charge in [-0.2, -0.15) is 4.89 Å². The molecule has 2 aromatic heterocycles. The largest absolute Gasteiger partial charge is 0.452 e. The van der Waals surface area contributed by atoms with Crippen LogP contribution >= 0.6 is 0 Å². The number of nitrogens with zero attached hydrogens (tertiary/aromatic N) is 7. The molecular weight excluding hydrogens is 692 g/mol. The number of H-pyrrole nitrogens is 2. The van der Waals surface area contributed by atoms with Crippen LogP contribution in [-0.2, 0) is 14.5 Å². The monoisotopic (exact) mass is 740 g/mol. The minimum Gasteiger partial charge on any atom is -0.452 e. The standard InChI is InChI=1S/C38H48N10O6/c1-24(2)47(41-23-54-53-6)37(50)45-19-7-9-32(45)34-39-21-30(42-34)28-15-11-26(12-16-28)27-13-17-29(18-14-27)31-22-40-35(43-31)33-10-8-20-46(33)38(51)48(25(3)4)44-36(49)52-5/h11-18,21-25,32-33H,7-10,19-20H2,1-6H3,(H,39,42)(H,40,43)(H,44,49)/b41-23-/t32-,33-/m0/s1. The molecule has 0 saturated carbocycles. The quantitative estimate of drug-likeness (QED) is 0.0684. The number of ether oxygens (including phenoxy) is 1. The Morgan fingerprint density at radius 3 is 1.70 bits per heavy atom. The highest BCUT2D eigenvalue weighted by molar-refractivity contribution is 5.79. The summed E-state index contributed by atoms with van der Waals surface area (Å²) in [5.41, 5.74) is 8.32. The van der Waals surface area contributed by atoms with Crippen LogP contribution in [0.25, 0.3) is 33.6 Å². The molecule has 2 atom stereocenters. The average molecular weight is 741 g/mol. The van der Waals surface area contributed by atoms with Crippen LogP contribution in [0.15, 0.2) is 66.0 Å². The summed E-state index contributed by atoms with van der Waals surface area (Å²) in [5, 5.41) is 6.81.